The first kappa shape index (κ1) is 72.9. The standard InChI is InChI=1S/C52H98N16O13/c1-27(2)11-9-10-12-40(71)60-33(13-19-53)49(78)68-42(31(8)70)52(81)65-36(16-22-56)46(75)64-38-18-24-58-51(80)41(30(7)69)67-50(79)37(17-23-57)63-45(74)34(14-20-54)61-43(72)32(29(5)6)26-59-44(73)39(25-28(3)4)66-47(76)35(15-21-55)62-48(38)77/h27-39,41-42,69-70H,9-26,53-57H2,1-8H3,(H,58,80)(H,59,73)(H,60,71)(H,61,72)(H,62,77)(H,63,74)(H,64,75)(H,65,81)(H,66,76)(H,67,79)(H,68,78)/t30?,31-,32+,33-,34?,35?,36-,37?,38?,39-,41+,42+/m1/s1. The van der Waals surface area contributed by atoms with Crippen LogP contribution in [0.5, 0.6) is 0 Å². The van der Waals surface area contributed by atoms with Crippen LogP contribution in [0.2, 0.25) is 0 Å². The third kappa shape index (κ3) is 27.0. The van der Waals surface area contributed by atoms with Crippen molar-refractivity contribution in [2.45, 2.75) is 193 Å². The third-order valence-corrected chi connectivity index (χ3v) is 13.4. The van der Waals surface area contributed by atoms with E-state index < -0.39 is 156 Å². The van der Waals surface area contributed by atoms with Crippen molar-refractivity contribution < 1.29 is 63.0 Å². The molecule has 0 aromatic rings. The Hall–Kier alpha value is -6.11. The lowest BCUT2D eigenvalue weighted by Crippen LogP contribution is -2.62. The quantitative estimate of drug-likeness (QED) is 0.0341. The Balaban J connectivity index is 3.80. The molecule has 1 aliphatic heterocycles. The first-order chi connectivity index (χ1) is 38.1. The Morgan fingerprint density at radius 3 is 1.52 bits per heavy atom. The van der Waals surface area contributed by atoms with Gasteiger partial charge in [-0.2, -0.15) is 0 Å². The van der Waals surface area contributed by atoms with Gasteiger partial charge in [0.25, 0.3) is 0 Å². The predicted octanol–water partition coefficient (Wildman–Crippen LogP) is -5.97. The molecule has 0 radical (unpaired) electrons. The van der Waals surface area contributed by atoms with Gasteiger partial charge in [0.05, 0.1) is 18.1 Å². The second kappa shape index (κ2) is 38.6. The van der Waals surface area contributed by atoms with Crippen molar-refractivity contribution in [3.05, 3.63) is 0 Å². The molecule has 0 bridgehead atoms. The van der Waals surface area contributed by atoms with E-state index >= 15 is 0 Å². The molecular weight excluding hydrogens is 1060 g/mol. The van der Waals surface area contributed by atoms with Crippen LogP contribution in [0.1, 0.15) is 126 Å². The Bertz CT molecular complexity index is 2050. The zero-order chi connectivity index (χ0) is 61.5. The maximum absolute atomic E-state index is 14.4. The van der Waals surface area contributed by atoms with Crippen LogP contribution < -0.4 is 87.2 Å². The largest absolute Gasteiger partial charge is 0.391 e. The fourth-order valence-corrected chi connectivity index (χ4v) is 8.62. The normalized spacial score (nSPS) is 23.4. The topological polar surface area (TPSA) is 491 Å². The molecule has 23 N–H and O–H groups in total. The summed E-state index contributed by atoms with van der Waals surface area (Å²) in [6, 6.07) is -13.0. The van der Waals surface area contributed by atoms with Crippen molar-refractivity contribution in [1.29, 1.82) is 0 Å². The van der Waals surface area contributed by atoms with Crippen molar-refractivity contribution in [2.24, 2.45) is 52.3 Å². The fraction of sp³-hybridized carbons (Fsp3) is 0.788. The molecule has 5 unspecified atom stereocenters. The summed E-state index contributed by atoms with van der Waals surface area (Å²) in [7, 11) is 0. The summed E-state index contributed by atoms with van der Waals surface area (Å²) in [5, 5.41) is 49.6. The predicted molar refractivity (Wildman–Crippen MR) is 301 cm³/mol. The van der Waals surface area contributed by atoms with E-state index in [0.717, 1.165) is 12.8 Å². The maximum Gasteiger partial charge on any atom is 0.245 e. The van der Waals surface area contributed by atoms with Crippen molar-refractivity contribution in [3.63, 3.8) is 0 Å². The molecule has 1 rings (SSSR count). The molecule has 29 nitrogen and oxygen atoms in total. The molecule has 0 saturated carbocycles. The zero-order valence-corrected chi connectivity index (χ0v) is 48.7. The molecule has 81 heavy (non-hydrogen) atoms. The lowest BCUT2D eigenvalue weighted by atomic mass is 9.93. The van der Waals surface area contributed by atoms with Crippen molar-refractivity contribution in [1.82, 2.24) is 58.5 Å². The van der Waals surface area contributed by atoms with Gasteiger partial charge in [-0.05, 0) is 116 Å². The molecule has 0 spiro atoms. The average molecular weight is 1160 g/mol. The molecule has 1 fully saturated rings. The first-order valence-electron chi connectivity index (χ1n) is 28.3. The van der Waals surface area contributed by atoms with Gasteiger partial charge < -0.3 is 97.4 Å². The molecule has 0 aromatic heterocycles. The second-order valence-corrected chi connectivity index (χ2v) is 21.8. The van der Waals surface area contributed by atoms with Crippen LogP contribution in [0.25, 0.3) is 0 Å². The lowest BCUT2D eigenvalue weighted by molar-refractivity contribution is -0.137. The molecule has 0 aromatic carbocycles. The van der Waals surface area contributed by atoms with E-state index in [-0.39, 0.29) is 90.1 Å². The SMILES string of the molecule is CC(C)CCCCC(=O)N[C@H](CCN)C(=O)N[C@H](C(=O)N[C@H](CCN)C(=O)NC1CCNC(=O)[C@H](C(C)O)NC(=O)C(CCN)NC(=O)C(CCN)NC(=O)[C@H](C(C)C)CNC(=O)[C@@H](CC(C)C)NC(=O)C(CCN)NC1=O)[C@@H](C)O. The Morgan fingerprint density at radius 2 is 1.04 bits per heavy atom. The second-order valence-electron chi connectivity index (χ2n) is 21.8. The molecule has 12 atom stereocenters. The van der Waals surface area contributed by atoms with Gasteiger partial charge >= 0.3 is 0 Å². The fourth-order valence-electron chi connectivity index (χ4n) is 8.62. The Labute approximate surface area is 475 Å². The lowest BCUT2D eigenvalue weighted by Gasteiger charge is -2.29. The maximum atomic E-state index is 14.4. The molecular formula is C52H98N16O13. The van der Waals surface area contributed by atoms with Crippen molar-refractivity contribution >= 4 is 65.0 Å². The summed E-state index contributed by atoms with van der Waals surface area (Å²) >= 11 is 0. The number of rotatable bonds is 27. The van der Waals surface area contributed by atoms with Gasteiger partial charge in [-0.15, -0.1) is 0 Å². The van der Waals surface area contributed by atoms with E-state index in [0.29, 0.717) is 12.3 Å². The minimum absolute atomic E-state index is 0.0128. The van der Waals surface area contributed by atoms with Gasteiger partial charge in [0.1, 0.15) is 54.4 Å². The number of carbonyl (C=O) groups excluding carboxylic acids is 11. The van der Waals surface area contributed by atoms with E-state index in [9.17, 15) is 63.0 Å². The minimum Gasteiger partial charge on any atom is -0.391 e. The van der Waals surface area contributed by atoms with Gasteiger partial charge in [0.15, 0.2) is 0 Å². The van der Waals surface area contributed by atoms with Gasteiger partial charge in [0.2, 0.25) is 65.0 Å². The highest BCUT2D eigenvalue weighted by Gasteiger charge is 2.37. The van der Waals surface area contributed by atoms with Crippen molar-refractivity contribution in [2.75, 3.05) is 45.8 Å². The van der Waals surface area contributed by atoms with E-state index in [1.807, 2.05) is 0 Å². The Kier molecular flexibility index (Phi) is 34.7. The highest BCUT2D eigenvalue weighted by atomic mass is 16.3. The summed E-state index contributed by atoms with van der Waals surface area (Å²) in [4.78, 5) is 152. The summed E-state index contributed by atoms with van der Waals surface area (Å²) in [5.41, 5.74) is 29.2. The first-order valence-corrected chi connectivity index (χ1v) is 28.3. The molecule has 29 heteroatoms. The average Bonchev–Trinajstić information content (AvgIpc) is 3.38. The van der Waals surface area contributed by atoms with E-state index in [2.05, 4.69) is 72.3 Å². The van der Waals surface area contributed by atoms with Crippen LogP contribution in [0.15, 0.2) is 0 Å². The molecule has 1 heterocycles. The number of carbonyl (C=O) groups is 11. The number of unbranched alkanes of at least 4 members (excludes halogenated alkanes) is 1. The smallest absolute Gasteiger partial charge is 0.245 e. The molecule has 11 amide bonds. The van der Waals surface area contributed by atoms with Gasteiger partial charge in [0, 0.05) is 19.5 Å². The third-order valence-electron chi connectivity index (χ3n) is 13.4. The van der Waals surface area contributed by atoms with Crippen LogP contribution in [-0.4, -0.2) is 188 Å². The number of nitrogens with one attached hydrogen (secondary N) is 11. The Morgan fingerprint density at radius 1 is 0.531 bits per heavy atom. The summed E-state index contributed by atoms with van der Waals surface area (Å²) in [5.74, 6) is -10.3. The number of aliphatic hydroxyl groups excluding tert-OH is 2. The monoisotopic (exact) mass is 1150 g/mol. The number of hydrogen-bond acceptors (Lipinski definition) is 18. The van der Waals surface area contributed by atoms with Crippen LogP contribution in [0.4, 0.5) is 0 Å². The molecule has 0 aliphatic carbocycles. The molecule has 1 aliphatic rings. The minimum atomic E-state index is -1.69. The van der Waals surface area contributed by atoms with Crippen LogP contribution in [-0.2, 0) is 52.7 Å². The van der Waals surface area contributed by atoms with Gasteiger partial charge in [-0.3, -0.25) is 52.7 Å². The number of nitrogens with two attached hydrogens (primary N) is 5. The summed E-state index contributed by atoms with van der Waals surface area (Å²) in [6.45, 7) is 12.3. The molecule has 464 valence electrons. The van der Waals surface area contributed by atoms with E-state index in [1.54, 1.807) is 27.7 Å². The highest BCUT2D eigenvalue weighted by Crippen LogP contribution is 2.14. The van der Waals surface area contributed by atoms with E-state index in [1.165, 1.54) is 13.8 Å². The number of amides is 11. The van der Waals surface area contributed by atoms with Gasteiger partial charge in [-0.25, -0.2) is 0 Å². The highest BCUT2D eigenvalue weighted by molar-refractivity contribution is 5.98. The van der Waals surface area contributed by atoms with Crippen LogP contribution in [0.3, 0.4) is 0 Å². The zero-order valence-electron chi connectivity index (χ0n) is 48.7. The summed E-state index contributed by atoms with van der Waals surface area (Å²) < 4.78 is 0. The van der Waals surface area contributed by atoms with Crippen molar-refractivity contribution in [3.8, 4) is 0 Å². The van der Waals surface area contributed by atoms with Crippen LogP contribution >= 0.6 is 0 Å². The number of hydrogen-bond donors (Lipinski definition) is 18. The molecule has 1 saturated heterocycles. The van der Waals surface area contributed by atoms with Crippen LogP contribution in [0, 0.1) is 23.7 Å². The van der Waals surface area contributed by atoms with E-state index in [4.69, 9.17) is 28.7 Å². The summed E-state index contributed by atoms with van der Waals surface area (Å²) in [6.07, 6.45) is -1.74. The number of aliphatic hydroxyl groups is 2. The van der Waals surface area contributed by atoms with Gasteiger partial charge in [-0.1, -0.05) is 54.4 Å².